The van der Waals surface area contributed by atoms with Crippen molar-refractivity contribution in [2.45, 2.75) is 25.4 Å². The molecular weight excluding hydrogens is 266 g/mol. The Bertz CT molecular complexity index is 524. The Labute approximate surface area is 114 Å². The smallest absolute Gasteiger partial charge is 0.310 e. The van der Waals surface area contributed by atoms with Crippen molar-refractivity contribution in [2.24, 2.45) is 11.7 Å². The Morgan fingerprint density at radius 2 is 2.32 bits per heavy atom. The molecule has 1 amide bonds. The second kappa shape index (κ2) is 5.50. The van der Waals surface area contributed by atoms with Gasteiger partial charge in [0.15, 0.2) is 0 Å². The summed E-state index contributed by atoms with van der Waals surface area (Å²) in [6.45, 7) is 1.80. The highest BCUT2D eigenvalue weighted by Gasteiger charge is 2.26. The first-order valence-electron chi connectivity index (χ1n) is 5.90. The summed E-state index contributed by atoms with van der Waals surface area (Å²) >= 11 is 1.34. The zero-order valence-corrected chi connectivity index (χ0v) is 11.2. The highest BCUT2D eigenvalue weighted by molar-refractivity contribution is 7.09. The van der Waals surface area contributed by atoms with Crippen LogP contribution in [-0.4, -0.2) is 28.0 Å². The van der Waals surface area contributed by atoms with E-state index >= 15 is 0 Å². The lowest BCUT2D eigenvalue weighted by Gasteiger charge is -2.10. The zero-order chi connectivity index (χ0) is 14.0. The summed E-state index contributed by atoms with van der Waals surface area (Å²) < 4.78 is 0. The third-order valence-electron chi connectivity index (χ3n) is 2.86. The van der Waals surface area contributed by atoms with Gasteiger partial charge in [-0.2, -0.15) is 0 Å². The molecule has 0 radical (unpaired) electrons. The van der Waals surface area contributed by atoms with Gasteiger partial charge in [-0.05, 0) is 13.3 Å². The summed E-state index contributed by atoms with van der Waals surface area (Å²) in [5.41, 5.74) is 6.01. The number of thiazole rings is 1. The Morgan fingerprint density at radius 1 is 1.58 bits per heavy atom. The van der Waals surface area contributed by atoms with E-state index in [2.05, 4.69) is 10.3 Å². The molecule has 0 fully saturated rings. The van der Waals surface area contributed by atoms with Gasteiger partial charge >= 0.3 is 5.97 Å². The summed E-state index contributed by atoms with van der Waals surface area (Å²) in [6, 6.07) is -0.455. The summed E-state index contributed by atoms with van der Waals surface area (Å²) in [6.07, 6.45) is 3.68. The largest absolute Gasteiger partial charge is 0.481 e. The van der Waals surface area contributed by atoms with E-state index in [0.717, 1.165) is 0 Å². The van der Waals surface area contributed by atoms with Gasteiger partial charge in [-0.25, -0.2) is 4.98 Å². The van der Waals surface area contributed by atoms with Crippen LogP contribution in [0.3, 0.4) is 0 Å². The van der Waals surface area contributed by atoms with Crippen molar-refractivity contribution in [3.05, 3.63) is 28.2 Å². The van der Waals surface area contributed by atoms with Crippen LogP contribution in [0.2, 0.25) is 0 Å². The first kappa shape index (κ1) is 13.7. The molecule has 0 bridgehead atoms. The molecule has 1 aliphatic carbocycles. The van der Waals surface area contributed by atoms with Gasteiger partial charge in [0.2, 0.25) is 0 Å². The fourth-order valence-corrected chi connectivity index (χ4v) is 2.59. The molecule has 4 N–H and O–H groups in total. The van der Waals surface area contributed by atoms with Crippen molar-refractivity contribution < 1.29 is 14.7 Å². The van der Waals surface area contributed by atoms with E-state index in [4.69, 9.17) is 10.8 Å². The number of nitrogens with one attached hydrogen (secondary N) is 1. The van der Waals surface area contributed by atoms with E-state index in [0.29, 0.717) is 17.1 Å². The molecule has 1 aromatic heterocycles. The predicted molar refractivity (Wildman–Crippen MR) is 70.9 cm³/mol. The molecule has 1 aromatic rings. The number of amides is 1. The van der Waals surface area contributed by atoms with Crippen LogP contribution >= 0.6 is 11.3 Å². The second-order valence-electron chi connectivity index (χ2n) is 4.50. The number of rotatable bonds is 4. The highest BCUT2D eigenvalue weighted by Crippen LogP contribution is 2.19. The third-order valence-corrected chi connectivity index (χ3v) is 3.91. The average molecular weight is 281 g/mol. The van der Waals surface area contributed by atoms with Gasteiger partial charge in [0.1, 0.15) is 10.7 Å². The van der Waals surface area contributed by atoms with Crippen LogP contribution in [-0.2, 0) is 4.79 Å². The zero-order valence-electron chi connectivity index (χ0n) is 10.4. The number of carboxylic acid groups (broad SMARTS) is 1. The number of carboxylic acids is 1. The number of carbonyl (C=O) groups is 2. The number of aliphatic carboxylic acids is 1. The number of aromatic nitrogens is 1. The Hall–Kier alpha value is -1.73. The van der Waals surface area contributed by atoms with Crippen molar-refractivity contribution in [1.29, 1.82) is 0 Å². The second-order valence-corrected chi connectivity index (χ2v) is 5.39. The van der Waals surface area contributed by atoms with E-state index in [1.165, 1.54) is 11.3 Å². The quantitative estimate of drug-likeness (QED) is 0.712. The maximum atomic E-state index is 11.9. The fraction of sp³-hybridized carbons (Fsp3) is 0.417. The Morgan fingerprint density at radius 3 is 2.84 bits per heavy atom. The van der Waals surface area contributed by atoms with E-state index in [1.54, 1.807) is 24.5 Å². The molecule has 6 nitrogen and oxygen atoms in total. The minimum absolute atomic E-state index is 0.200. The van der Waals surface area contributed by atoms with Crippen LogP contribution in [0.1, 0.15) is 34.9 Å². The molecule has 7 heteroatoms. The van der Waals surface area contributed by atoms with E-state index < -0.39 is 11.9 Å². The van der Waals surface area contributed by atoms with Crippen LogP contribution in [0.4, 0.5) is 0 Å². The van der Waals surface area contributed by atoms with Crippen molar-refractivity contribution in [2.75, 3.05) is 0 Å². The van der Waals surface area contributed by atoms with E-state index in [9.17, 15) is 9.59 Å². The topological polar surface area (TPSA) is 105 Å². The molecule has 3 unspecified atom stereocenters. The van der Waals surface area contributed by atoms with Gasteiger partial charge < -0.3 is 16.2 Å². The van der Waals surface area contributed by atoms with Crippen LogP contribution in [0.15, 0.2) is 17.5 Å². The van der Waals surface area contributed by atoms with Crippen LogP contribution < -0.4 is 11.1 Å². The molecule has 0 saturated carbocycles. The van der Waals surface area contributed by atoms with Crippen LogP contribution in [0.5, 0.6) is 0 Å². The van der Waals surface area contributed by atoms with Crippen molar-refractivity contribution in [3.8, 4) is 0 Å². The van der Waals surface area contributed by atoms with E-state index in [1.807, 2.05) is 0 Å². The standard InChI is InChI=1S/C12H15N3O3S/c1-6(13)11-15-9(5-19-11)10(16)14-8-3-2-7(4-8)12(17)18/h2-3,5-8H,4,13H2,1H3,(H,14,16)(H,17,18). The maximum absolute atomic E-state index is 11.9. The molecule has 2 rings (SSSR count). The van der Waals surface area contributed by atoms with Crippen LogP contribution in [0, 0.1) is 5.92 Å². The lowest BCUT2D eigenvalue weighted by Crippen LogP contribution is -2.33. The van der Waals surface area contributed by atoms with E-state index in [-0.39, 0.29) is 18.0 Å². The van der Waals surface area contributed by atoms with Gasteiger partial charge in [0.05, 0.1) is 12.0 Å². The maximum Gasteiger partial charge on any atom is 0.310 e. The molecule has 0 aliphatic heterocycles. The summed E-state index contributed by atoms with van der Waals surface area (Å²) in [5.74, 6) is -1.70. The highest BCUT2D eigenvalue weighted by atomic mass is 32.1. The van der Waals surface area contributed by atoms with Gasteiger partial charge in [-0.15, -0.1) is 11.3 Å². The molecule has 0 aromatic carbocycles. The molecule has 3 atom stereocenters. The van der Waals surface area contributed by atoms with Gasteiger partial charge in [0, 0.05) is 11.4 Å². The molecule has 19 heavy (non-hydrogen) atoms. The number of nitrogens with two attached hydrogens (primary N) is 1. The monoisotopic (exact) mass is 281 g/mol. The Kier molecular flexibility index (Phi) is 3.96. The normalized spacial score (nSPS) is 23.3. The minimum atomic E-state index is -0.874. The number of nitrogens with zero attached hydrogens (tertiary/aromatic N) is 1. The molecule has 0 spiro atoms. The fourth-order valence-electron chi connectivity index (χ4n) is 1.83. The van der Waals surface area contributed by atoms with Crippen LogP contribution in [0.25, 0.3) is 0 Å². The number of carbonyl (C=O) groups excluding carboxylic acids is 1. The lowest BCUT2D eigenvalue weighted by atomic mass is 10.1. The molecule has 1 heterocycles. The SMILES string of the molecule is CC(N)c1nc(C(=O)NC2C=CC(C(=O)O)C2)cs1. The summed E-state index contributed by atoms with van der Waals surface area (Å²) in [4.78, 5) is 26.9. The summed E-state index contributed by atoms with van der Waals surface area (Å²) in [7, 11) is 0. The van der Waals surface area contributed by atoms with Crippen molar-refractivity contribution >= 4 is 23.2 Å². The first-order chi connectivity index (χ1) is 8.97. The first-order valence-corrected chi connectivity index (χ1v) is 6.78. The lowest BCUT2D eigenvalue weighted by molar-refractivity contribution is -0.140. The number of hydrogen-bond donors (Lipinski definition) is 3. The molecular formula is C12H15N3O3S. The van der Waals surface area contributed by atoms with Crippen molar-refractivity contribution in [3.63, 3.8) is 0 Å². The Balaban J connectivity index is 1.95. The summed E-state index contributed by atoms with van der Waals surface area (Å²) in [5, 5.41) is 14.0. The van der Waals surface area contributed by atoms with Crippen molar-refractivity contribution in [1.82, 2.24) is 10.3 Å². The van der Waals surface area contributed by atoms with Gasteiger partial charge in [-0.1, -0.05) is 12.2 Å². The van der Waals surface area contributed by atoms with Gasteiger partial charge in [-0.3, -0.25) is 9.59 Å². The van der Waals surface area contributed by atoms with Gasteiger partial charge in [0.25, 0.3) is 5.91 Å². The molecule has 0 saturated heterocycles. The molecule has 102 valence electrons. The average Bonchev–Trinajstić information content (AvgIpc) is 2.96. The third kappa shape index (κ3) is 3.18. The predicted octanol–water partition coefficient (Wildman–Crippen LogP) is 0.922. The molecule has 1 aliphatic rings. The number of hydrogen-bond acceptors (Lipinski definition) is 5. The minimum Gasteiger partial charge on any atom is -0.481 e.